The molecule has 206 valence electrons. The third-order valence-corrected chi connectivity index (χ3v) is 6.76. The van der Waals surface area contributed by atoms with Crippen LogP contribution in [0.2, 0.25) is 5.02 Å². The molecule has 12 heteroatoms. The van der Waals surface area contributed by atoms with Gasteiger partial charge in [-0.1, -0.05) is 35.4 Å². The summed E-state index contributed by atoms with van der Waals surface area (Å²) in [7, 11) is 1.43. The van der Waals surface area contributed by atoms with Crippen molar-refractivity contribution in [1.82, 2.24) is 4.90 Å². The zero-order valence-electron chi connectivity index (χ0n) is 21.3. The molecule has 1 aliphatic rings. The van der Waals surface area contributed by atoms with Gasteiger partial charge in [0.15, 0.2) is 18.1 Å². The van der Waals surface area contributed by atoms with Crippen LogP contribution in [0.15, 0.2) is 65.6 Å². The normalized spacial score (nSPS) is 13.9. The third kappa shape index (κ3) is 7.19. The van der Waals surface area contributed by atoms with Crippen LogP contribution >= 0.6 is 23.4 Å². The maximum atomic E-state index is 13.3. The van der Waals surface area contributed by atoms with Gasteiger partial charge in [0.1, 0.15) is 12.4 Å². The molecule has 40 heavy (non-hydrogen) atoms. The molecule has 9 nitrogen and oxygen atoms in total. The van der Waals surface area contributed by atoms with Crippen molar-refractivity contribution in [2.45, 2.75) is 6.92 Å². The first kappa shape index (κ1) is 28.7. The topological polar surface area (TPSA) is 114 Å². The second-order valence-electron chi connectivity index (χ2n) is 8.56. The van der Waals surface area contributed by atoms with Crippen molar-refractivity contribution < 1.29 is 33.0 Å². The van der Waals surface area contributed by atoms with E-state index in [-0.39, 0.29) is 28.1 Å². The number of benzene rings is 3. The Labute approximate surface area is 238 Å². The molecule has 1 heterocycles. The van der Waals surface area contributed by atoms with Crippen LogP contribution in [-0.2, 0) is 14.4 Å². The molecule has 4 rings (SSSR count). The maximum Gasteiger partial charge on any atom is 0.294 e. The summed E-state index contributed by atoms with van der Waals surface area (Å²) >= 11 is 6.40. The van der Waals surface area contributed by atoms with E-state index in [2.05, 4.69) is 10.6 Å². The number of halogens is 2. The van der Waals surface area contributed by atoms with Gasteiger partial charge < -0.3 is 20.1 Å². The molecule has 1 saturated heterocycles. The second-order valence-corrected chi connectivity index (χ2v) is 9.96. The summed E-state index contributed by atoms with van der Waals surface area (Å²) < 4.78 is 24.3. The van der Waals surface area contributed by atoms with Gasteiger partial charge in [0, 0.05) is 11.4 Å². The van der Waals surface area contributed by atoms with E-state index < -0.39 is 29.4 Å². The average Bonchev–Trinajstić information content (AvgIpc) is 3.18. The van der Waals surface area contributed by atoms with Crippen molar-refractivity contribution in [3.8, 4) is 11.5 Å². The monoisotopic (exact) mass is 583 g/mol. The predicted octanol–water partition coefficient (Wildman–Crippen LogP) is 5.49. The number of hydrogen-bond donors (Lipinski definition) is 2. The fraction of sp³-hybridized carbons (Fsp3) is 0.143. The van der Waals surface area contributed by atoms with Crippen LogP contribution in [0.3, 0.4) is 0 Å². The van der Waals surface area contributed by atoms with Crippen molar-refractivity contribution >= 4 is 63.8 Å². The molecular formula is C28H23ClFN3O6S. The Morgan fingerprint density at radius 1 is 0.975 bits per heavy atom. The lowest BCUT2D eigenvalue weighted by atomic mass is 10.2. The van der Waals surface area contributed by atoms with Gasteiger partial charge in [0.2, 0.25) is 5.91 Å². The third-order valence-electron chi connectivity index (χ3n) is 5.56. The number of carbonyl (C=O) groups is 4. The molecule has 0 aliphatic carbocycles. The summed E-state index contributed by atoms with van der Waals surface area (Å²) in [6, 6.07) is 15.8. The van der Waals surface area contributed by atoms with Gasteiger partial charge in [-0.25, -0.2) is 4.39 Å². The molecule has 1 fully saturated rings. The second kappa shape index (κ2) is 12.7. The number of nitrogens with one attached hydrogen (secondary N) is 2. The molecule has 3 aromatic carbocycles. The number of rotatable bonds is 9. The first-order valence-electron chi connectivity index (χ1n) is 11.8. The fourth-order valence-corrected chi connectivity index (χ4v) is 4.59. The van der Waals surface area contributed by atoms with E-state index in [1.54, 1.807) is 30.3 Å². The largest absolute Gasteiger partial charge is 0.493 e. The number of ether oxygens (including phenoxy) is 2. The number of imide groups is 1. The highest BCUT2D eigenvalue weighted by Gasteiger charge is 2.36. The molecule has 0 aromatic heterocycles. The van der Waals surface area contributed by atoms with Gasteiger partial charge in [0.05, 0.1) is 17.0 Å². The zero-order valence-corrected chi connectivity index (χ0v) is 22.9. The number of carbonyl (C=O) groups excluding carboxylic acids is 4. The molecule has 4 amide bonds. The number of amides is 4. The molecule has 3 aromatic rings. The molecule has 0 unspecified atom stereocenters. The SMILES string of the molecule is COc1cc(/C=C2/SC(=O)N(CC(=O)Nc3ccc(F)c(Cl)c3)C2=O)ccc1OCC(=O)Nc1ccc(C)cc1. The Morgan fingerprint density at radius 2 is 1.68 bits per heavy atom. The number of nitrogens with zero attached hydrogens (tertiary/aromatic N) is 1. The lowest BCUT2D eigenvalue weighted by Gasteiger charge is -2.13. The van der Waals surface area contributed by atoms with Gasteiger partial charge in [-0.05, 0) is 72.8 Å². The highest BCUT2D eigenvalue weighted by molar-refractivity contribution is 8.18. The number of methoxy groups -OCH3 is 1. The molecule has 0 spiro atoms. The summed E-state index contributed by atoms with van der Waals surface area (Å²) in [5, 5.41) is 4.42. The number of hydrogen-bond acceptors (Lipinski definition) is 7. The Hall–Kier alpha value is -4.35. The number of aryl methyl sites for hydroxylation is 1. The predicted molar refractivity (Wildman–Crippen MR) is 151 cm³/mol. The lowest BCUT2D eigenvalue weighted by Crippen LogP contribution is -2.36. The van der Waals surface area contributed by atoms with Crippen molar-refractivity contribution in [2.24, 2.45) is 0 Å². The standard InChI is InChI=1S/C28H23ClFN3O6S/c1-16-3-6-18(7-4-16)31-26(35)15-39-22-10-5-17(11-23(22)38-2)12-24-27(36)33(28(37)40-24)14-25(34)32-19-8-9-21(30)20(29)13-19/h3-13H,14-15H2,1-2H3,(H,31,35)(H,32,34)/b24-12+. The van der Waals surface area contributed by atoms with Crippen molar-refractivity contribution in [1.29, 1.82) is 0 Å². The van der Waals surface area contributed by atoms with E-state index in [4.69, 9.17) is 21.1 Å². The first-order valence-corrected chi connectivity index (χ1v) is 13.0. The minimum absolute atomic E-state index is 0.107. The minimum atomic E-state index is -0.652. The molecular weight excluding hydrogens is 561 g/mol. The van der Waals surface area contributed by atoms with Crippen LogP contribution in [0.1, 0.15) is 11.1 Å². The molecule has 0 atom stereocenters. The van der Waals surface area contributed by atoms with E-state index in [1.165, 1.54) is 25.3 Å². The van der Waals surface area contributed by atoms with E-state index in [0.717, 1.165) is 16.5 Å². The van der Waals surface area contributed by atoms with Crippen LogP contribution < -0.4 is 20.1 Å². The molecule has 0 saturated carbocycles. The smallest absolute Gasteiger partial charge is 0.294 e. The highest BCUT2D eigenvalue weighted by Crippen LogP contribution is 2.34. The summed E-state index contributed by atoms with van der Waals surface area (Å²) in [4.78, 5) is 50.8. The summed E-state index contributed by atoms with van der Waals surface area (Å²) in [5.41, 5.74) is 2.47. The maximum absolute atomic E-state index is 13.3. The van der Waals surface area contributed by atoms with E-state index >= 15 is 0 Å². The number of thioether (sulfide) groups is 1. The van der Waals surface area contributed by atoms with Crippen LogP contribution in [0, 0.1) is 12.7 Å². The van der Waals surface area contributed by atoms with E-state index in [0.29, 0.717) is 34.5 Å². The Balaban J connectivity index is 1.37. The van der Waals surface area contributed by atoms with Gasteiger partial charge in [-0.3, -0.25) is 24.1 Å². The van der Waals surface area contributed by atoms with Gasteiger partial charge in [-0.15, -0.1) is 0 Å². The summed E-state index contributed by atoms with van der Waals surface area (Å²) in [6.07, 6.45) is 1.49. The van der Waals surface area contributed by atoms with E-state index in [1.807, 2.05) is 19.1 Å². The van der Waals surface area contributed by atoms with Crippen molar-refractivity contribution in [3.05, 3.63) is 87.5 Å². The molecule has 0 radical (unpaired) electrons. The summed E-state index contributed by atoms with van der Waals surface area (Å²) in [5.74, 6) is -1.67. The Morgan fingerprint density at radius 3 is 2.38 bits per heavy atom. The quantitative estimate of drug-likeness (QED) is 0.320. The molecule has 2 N–H and O–H groups in total. The van der Waals surface area contributed by atoms with Crippen LogP contribution in [-0.4, -0.2) is 48.1 Å². The van der Waals surface area contributed by atoms with Crippen molar-refractivity contribution in [3.63, 3.8) is 0 Å². The lowest BCUT2D eigenvalue weighted by molar-refractivity contribution is -0.127. The van der Waals surface area contributed by atoms with Gasteiger partial charge >= 0.3 is 0 Å². The Kier molecular flexibility index (Phi) is 9.08. The van der Waals surface area contributed by atoms with E-state index in [9.17, 15) is 23.6 Å². The Bertz CT molecular complexity index is 1510. The number of anilines is 2. The van der Waals surface area contributed by atoms with Gasteiger partial charge in [-0.2, -0.15) is 0 Å². The minimum Gasteiger partial charge on any atom is -0.493 e. The molecule has 0 bridgehead atoms. The van der Waals surface area contributed by atoms with Crippen LogP contribution in [0.4, 0.5) is 20.6 Å². The molecule has 1 aliphatic heterocycles. The van der Waals surface area contributed by atoms with Gasteiger partial charge in [0.25, 0.3) is 17.1 Å². The average molecular weight is 584 g/mol. The fourth-order valence-electron chi connectivity index (χ4n) is 3.58. The van der Waals surface area contributed by atoms with Crippen LogP contribution in [0.5, 0.6) is 11.5 Å². The zero-order chi connectivity index (χ0) is 28.8. The first-order chi connectivity index (χ1) is 19.1. The van der Waals surface area contributed by atoms with Crippen molar-refractivity contribution in [2.75, 3.05) is 30.9 Å². The van der Waals surface area contributed by atoms with Crippen LogP contribution in [0.25, 0.3) is 6.08 Å². The summed E-state index contributed by atoms with van der Waals surface area (Å²) in [6.45, 7) is 1.16. The highest BCUT2D eigenvalue weighted by atomic mass is 35.5.